The van der Waals surface area contributed by atoms with Crippen molar-refractivity contribution in [3.63, 3.8) is 0 Å². The Morgan fingerprint density at radius 1 is 1.64 bits per heavy atom. The molecule has 76 valence electrons. The van der Waals surface area contributed by atoms with Crippen molar-refractivity contribution in [2.45, 2.75) is 20.4 Å². The first-order valence-corrected chi connectivity index (χ1v) is 4.67. The maximum atomic E-state index is 5.60. The lowest BCUT2D eigenvalue weighted by atomic mass is 10.2. The first kappa shape index (κ1) is 10.5. The Labute approximate surface area is 84.3 Å². The second kappa shape index (κ2) is 5.21. The molecule has 1 aromatic heterocycles. The number of aliphatic imine (C=N–C) groups is 1. The average molecular weight is 192 g/mol. The number of rotatable bonds is 3. The van der Waals surface area contributed by atoms with E-state index in [0.29, 0.717) is 12.5 Å². The molecule has 0 saturated heterocycles. The quantitative estimate of drug-likeness (QED) is 0.550. The Morgan fingerprint density at radius 3 is 3.07 bits per heavy atom. The zero-order valence-corrected chi connectivity index (χ0v) is 8.62. The molecule has 1 rings (SSSR count). The molecule has 0 saturated carbocycles. The summed E-state index contributed by atoms with van der Waals surface area (Å²) in [6, 6.07) is 1.97. The molecule has 0 amide bonds. The van der Waals surface area contributed by atoms with Gasteiger partial charge in [-0.1, -0.05) is 0 Å². The van der Waals surface area contributed by atoms with E-state index in [1.807, 2.05) is 26.1 Å². The van der Waals surface area contributed by atoms with Crippen molar-refractivity contribution < 1.29 is 0 Å². The smallest absolute Gasteiger partial charge is 0.188 e. The second-order valence-electron chi connectivity index (χ2n) is 3.03. The molecule has 14 heavy (non-hydrogen) atoms. The lowest BCUT2D eigenvalue weighted by Crippen LogP contribution is -2.31. The average Bonchev–Trinajstić information content (AvgIpc) is 2.17. The number of hydrogen-bond donors (Lipinski definition) is 2. The van der Waals surface area contributed by atoms with E-state index in [1.165, 1.54) is 5.56 Å². The number of pyridine rings is 1. The lowest BCUT2D eigenvalue weighted by molar-refractivity contribution is 0.920. The maximum Gasteiger partial charge on any atom is 0.188 e. The zero-order valence-electron chi connectivity index (χ0n) is 8.62. The topological polar surface area (TPSA) is 63.3 Å². The molecule has 0 aromatic carbocycles. The minimum Gasteiger partial charge on any atom is -0.370 e. The number of aromatic nitrogens is 1. The molecule has 0 fully saturated rings. The van der Waals surface area contributed by atoms with Crippen LogP contribution in [0.5, 0.6) is 0 Å². The van der Waals surface area contributed by atoms with Crippen molar-refractivity contribution in [2.75, 3.05) is 6.54 Å². The van der Waals surface area contributed by atoms with Crippen molar-refractivity contribution in [3.05, 3.63) is 29.6 Å². The first-order chi connectivity index (χ1) is 6.74. The molecule has 0 atom stereocenters. The molecule has 0 aliphatic rings. The van der Waals surface area contributed by atoms with Gasteiger partial charge in [0.15, 0.2) is 5.96 Å². The maximum absolute atomic E-state index is 5.60. The highest BCUT2D eigenvalue weighted by molar-refractivity contribution is 5.77. The second-order valence-corrected chi connectivity index (χ2v) is 3.03. The molecule has 1 heterocycles. The summed E-state index contributed by atoms with van der Waals surface area (Å²) in [4.78, 5) is 8.23. The van der Waals surface area contributed by atoms with Crippen molar-refractivity contribution in [1.82, 2.24) is 10.3 Å². The molecule has 4 heteroatoms. The summed E-state index contributed by atoms with van der Waals surface area (Å²) in [7, 11) is 0. The number of nitrogens with one attached hydrogen (secondary N) is 1. The fraction of sp³-hybridized carbons (Fsp3) is 0.400. The third kappa shape index (κ3) is 3.05. The van der Waals surface area contributed by atoms with Gasteiger partial charge in [0.05, 0.1) is 6.54 Å². The fourth-order valence-electron chi connectivity index (χ4n) is 1.07. The molecule has 4 nitrogen and oxygen atoms in total. The van der Waals surface area contributed by atoms with Gasteiger partial charge in [0.1, 0.15) is 0 Å². The Morgan fingerprint density at radius 2 is 2.43 bits per heavy atom. The Balaban J connectivity index is 2.61. The fourth-order valence-corrected chi connectivity index (χ4v) is 1.07. The Kier molecular flexibility index (Phi) is 3.91. The normalized spacial score (nSPS) is 11.4. The van der Waals surface area contributed by atoms with Crippen LogP contribution in [0.2, 0.25) is 0 Å². The highest BCUT2D eigenvalue weighted by atomic mass is 15.1. The summed E-state index contributed by atoms with van der Waals surface area (Å²) in [5, 5.41) is 2.94. The summed E-state index contributed by atoms with van der Waals surface area (Å²) >= 11 is 0. The molecule has 0 radical (unpaired) electrons. The van der Waals surface area contributed by atoms with Gasteiger partial charge in [-0.2, -0.15) is 0 Å². The predicted octanol–water partition coefficient (Wildman–Crippen LogP) is 0.814. The molecule has 0 aliphatic carbocycles. The van der Waals surface area contributed by atoms with Crippen LogP contribution in [-0.2, 0) is 6.54 Å². The van der Waals surface area contributed by atoms with Crippen LogP contribution in [0.1, 0.15) is 18.1 Å². The van der Waals surface area contributed by atoms with E-state index in [0.717, 1.165) is 12.1 Å². The van der Waals surface area contributed by atoms with Crippen LogP contribution < -0.4 is 11.1 Å². The molecule has 0 bridgehead atoms. The molecular formula is C10H16N4. The van der Waals surface area contributed by atoms with Crippen LogP contribution in [0.15, 0.2) is 23.5 Å². The number of aryl methyl sites for hydroxylation is 1. The van der Waals surface area contributed by atoms with Gasteiger partial charge in [-0.3, -0.25) is 4.98 Å². The molecular weight excluding hydrogens is 176 g/mol. The zero-order chi connectivity index (χ0) is 10.4. The van der Waals surface area contributed by atoms with E-state index in [1.54, 1.807) is 6.20 Å². The van der Waals surface area contributed by atoms with Crippen LogP contribution in [-0.4, -0.2) is 17.5 Å². The third-order valence-electron chi connectivity index (χ3n) is 1.93. The lowest BCUT2D eigenvalue weighted by Gasteiger charge is -2.03. The van der Waals surface area contributed by atoms with Crippen molar-refractivity contribution in [1.29, 1.82) is 0 Å². The Hall–Kier alpha value is -1.58. The van der Waals surface area contributed by atoms with Gasteiger partial charge in [-0.25, -0.2) is 4.99 Å². The SMILES string of the molecule is CCNC(N)=NCc1cnccc1C. The molecule has 0 unspecified atom stereocenters. The van der Waals surface area contributed by atoms with Crippen LogP contribution in [0.25, 0.3) is 0 Å². The predicted molar refractivity (Wildman–Crippen MR) is 58.0 cm³/mol. The summed E-state index contributed by atoms with van der Waals surface area (Å²) in [6.07, 6.45) is 3.59. The van der Waals surface area contributed by atoms with Gasteiger partial charge in [-0.15, -0.1) is 0 Å². The van der Waals surface area contributed by atoms with Crippen molar-refractivity contribution in [2.24, 2.45) is 10.7 Å². The van der Waals surface area contributed by atoms with Gasteiger partial charge in [-0.05, 0) is 31.0 Å². The Bertz CT molecular complexity index is 320. The number of guanidine groups is 1. The van der Waals surface area contributed by atoms with Crippen LogP contribution in [0.3, 0.4) is 0 Å². The van der Waals surface area contributed by atoms with Gasteiger partial charge >= 0.3 is 0 Å². The van der Waals surface area contributed by atoms with E-state index in [-0.39, 0.29) is 0 Å². The number of hydrogen-bond acceptors (Lipinski definition) is 2. The number of nitrogens with zero attached hydrogens (tertiary/aromatic N) is 2. The summed E-state index contributed by atoms with van der Waals surface area (Å²) < 4.78 is 0. The summed E-state index contributed by atoms with van der Waals surface area (Å²) in [6.45, 7) is 5.40. The summed E-state index contributed by atoms with van der Waals surface area (Å²) in [5.74, 6) is 0.482. The molecule has 3 N–H and O–H groups in total. The summed E-state index contributed by atoms with van der Waals surface area (Å²) in [5.41, 5.74) is 7.89. The monoisotopic (exact) mass is 192 g/mol. The highest BCUT2D eigenvalue weighted by Gasteiger charge is 1.96. The standard InChI is InChI=1S/C10H16N4/c1-3-13-10(11)14-7-9-6-12-5-4-8(9)2/h4-6H,3,7H2,1-2H3,(H3,11,13,14). The molecule has 0 spiro atoms. The number of nitrogens with two attached hydrogens (primary N) is 1. The third-order valence-corrected chi connectivity index (χ3v) is 1.93. The van der Waals surface area contributed by atoms with E-state index in [9.17, 15) is 0 Å². The van der Waals surface area contributed by atoms with E-state index in [4.69, 9.17) is 5.73 Å². The van der Waals surface area contributed by atoms with E-state index in [2.05, 4.69) is 15.3 Å². The van der Waals surface area contributed by atoms with E-state index < -0.39 is 0 Å². The minimum atomic E-state index is 0.482. The van der Waals surface area contributed by atoms with Crippen LogP contribution in [0.4, 0.5) is 0 Å². The van der Waals surface area contributed by atoms with Gasteiger partial charge in [0.25, 0.3) is 0 Å². The molecule has 1 aromatic rings. The highest BCUT2D eigenvalue weighted by Crippen LogP contribution is 2.05. The van der Waals surface area contributed by atoms with Gasteiger partial charge in [0.2, 0.25) is 0 Å². The van der Waals surface area contributed by atoms with Gasteiger partial charge < -0.3 is 11.1 Å². The van der Waals surface area contributed by atoms with Crippen molar-refractivity contribution >= 4 is 5.96 Å². The van der Waals surface area contributed by atoms with E-state index >= 15 is 0 Å². The molecule has 0 aliphatic heterocycles. The van der Waals surface area contributed by atoms with Crippen LogP contribution >= 0.6 is 0 Å². The van der Waals surface area contributed by atoms with Crippen LogP contribution in [0, 0.1) is 6.92 Å². The minimum absolute atomic E-state index is 0.482. The van der Waals surface area contributed by atoms with Gasteiger partial charge in [0, 0.05) is 18.9 Å². The van der Waals surface area contributed by atoms with Crippen molar-refractivity contribution in [3.8, 4) is 0 Å². The first-order valence-electron chi connectivity index (χ1n) is 4.67. The largest absolute Gasteiger partial charge is 0.370 e.